The van der Waals surface area contributed by atoms with Crippen molar-refractivity contribution >= 4 is 5.91 Å². The summed E-state index contributed by atoms with van der Waals surface area (Å²) in [5, 5.41) is 3.29. The van der Waals surface area contributed by atoms with Crippen molar-refractivity contribution in [3.05, 3.63) is 35.4 Å². The van der Waals surface area contributed by atoms with Gasteiger partial charge in [-0.15, -0.1) is 0 Å². The molecule has 3 nitrogen and oxygen atoms in total. The monoisotopic (exact) mass is 260 g/mol. The summed E-state index contributed by atoms with van der Waals surface area (Å²) in [6.45, 7) is 9.71. The second-order valence-corrected chi connectivity index (χ2v) is 6.03. The molecule has 1 aromatic carbocycles. The van der Waals surface area contributed by atoms with Gasteiger partial charge in [-0.25, -0.2) is 0 Å². The third-order valence-corrected chi connectivity index (χ3v) is 3.88. The summed E-state index contributed by atoms with van der Waals surface area (Å²) in [6.07, 6.45) is 0.808. The van der Waals surface area contributed by atoms with Gasteiger partial charge in [0.05, 0.1) is 0 Å². The average Bonchev–Trinajstić information content (AvgIpc) is 2.41. The predicted molar refractivity (Wildman–Crippen MR) is 78.1 cm³/mol. The lowest BCUT2D eigenvalue weighted by Gasteiger charge is -2.35. The first-order valence-corrected chi connectivity index (χ1v) is 7.05. The highest BCUT2D eigenvalue weighted by Gasteiger charge is 2.32. The largest absolute Gasteiger partial charge is 0.340 e. The van der Waals surface area contributed by atoms with Gasteiger partial charge in [-0.3, -0.25) is 4.79 Å². The molecule has 0 radical (unpaired) electrons. The summed E-state index contributed by atoms with van der Waals surface area (Å²) >= 11 is 0. The molecule has 0 aromatic heterocycles. The molecule has 0 aliphatic carbocycles. The zero-order valence-corrected chi connectivity index (χ0v) is 12.2. The number of hydrogen-bond acceptors (Lipinski definition) is 2. The number of carbonyl (C=O) groups excluding carboxylic acids is 1. The fourth-order valence-corrected chi connectivity index (χ4v) is 2.66. The quantitative estimate of drug-likeness (QED) is 0.901. The number of carbonyl (C=O) groups is 1. The third-order valence-electron chi connectivity index (χ3n) is 3.88. The van der Waals surface area contributed by atoms with E-state index in [2.05, 4.69) is 38.2 Å². The van der Waals surface area contributed by atoms with Crippen LogP contribution in [-0.2, 0) is 11.2 Å². The number of amides is 1. The highest BCUT2D eigenvalue weighted by molar-refractivity contribution is 5.82. The lowest BCUT2D eigenvalue weighted by molar-refractivity contribution is -0.140. The number of benzene rings is 1. The molecule has 1 N–H and O–H groups in total. The van der Waals surface area contributed by atoms with E-state index in [-0.39, 0.29) is 11.3 Å². The van der Waals surface area contributed by atoms with Crippen LogP contribution in [0.15, 0.2) is 24.3 Å². The minimum atomic E-state index is -0.330. The van der Waals surface area contributed by atoms with Crippen molar-refractivity contribution in [2.24, 2.45) is 5.41 Å². The van der Waals surface area contributed by atoms with E-state index < -0.39 is 0 Å². The second kappa shape index (κ2) is 5.74. The van der Waals surface area contributed by atoms with Crippen molar-refractivity contribution < 1.29 is 4.79 Å². The van der Waals surface area contributed by atoms with Gasteiger partial charge in [-0.05, 0) is 24.5 Å². The van der Waals surface area contributed by atoms with Crippen LogP contribution in [0.4, 0.5) is 0 Å². The first-order valence-electron chi connectivity index (χ1n) is 7.05. The first-order chi connectivity index (χ1) is 9.00. The van der Waals surface area contributed by atoms with Crippen LogP contribution in [0.25, 0.3) is 0 Å². The standard InChI is InChI=1S/C16H24N2O/c1-13-6-4-5-7-14(13)12-16(2,3)15(19)18-10-8-17-9-11-18/h4-7,17H,8-12H2,1-3H3. The molecule has 1 fully saturated rings. The van der Waals surface area contributed by atoms with Crippen molar-refractivity contribution in [3.8, 4) is 0 Å². The molecule has 1 aliphatic heterocycles. The summed E-state index contributed by atoms with van der Waals surface area (Å²) in [4.78, 5) is 14.6. The zero-order valence-electron chi connectivity index (χ0n) is 12.2. The van der Waals surface area contributed by atoms with E-state index in [9.17, 15) is 4.79 Å². The van der Waals surface area contributed by atoms with Crippen LogP contribution in [0.5, 0.6) is 0 Å². The van der Waals surface area contributed by atoms with Crippen LogP contribution in [-0.4, -0.2) is 37.0 Å². The Labute approximate surface area is 116 Å². The molecule has 1 aromatic rings. The lowest BCUT2D eigenvalue weighted by Crippen LogP contribution is -2.51. The molecule has 104 valence electrons. The van der Waals surface area contributed by atoms with Gasteiger partial charge in [0, 0.05) is 31.6 Å². The van der Waals surface area contributed by atoms with Crippen molar-refractivity contribution in [1.82, 2.24) is 10.2 Å². The Morgan fingerprint density at radius 3 is 2.53 bits per heavy atom. The van der Waals surface area contributed by atoms with Crippen molar-refractivity contribution in [3.63, 3.8) is 0 Å². The van der Waals surface area contributed by atoms with E-state index in [1.165, 1.54) is 11.1 Å². The molecule has 1 saturated heterocycles. The number of aryl methyl sites for hydroxylation is 1. The number of nitrogens with zero attached hydrogens (tertiary/aromatic N) is 1. The first kappa shape index (κ1) is 14.1. The lowest BCUT2D eigenvalue weighted by atomic mass is 9.83. The Morgan fingerprint density at radius 1 is 1.26 bits per heavy atom. The number of nitrogens with one attached hydrogen (secondary N) is 1. The summed E-state index contributed by atoms with van der Waals surface area (Å²) in [6, 6.07) is 8.33. The maximum absolute atomic E-state index is 12.6. The molecule has 0 atom stereocenters. The van der Waals surface area contributed by atoms with Gasteiger partial charge < -0.3 is 10.2 Å². The maximum atomic E-state index is 12.6. The van der Waals surface area contributed by atoms with E-state index in [0.717, 1.165) is 32.6 Å². The van der Waals surface area contributed by atoms with Crippen LogP contribution in [0, 0.1) is 12.3 Å². The highest BCUT2D eigenvalue weighted by Crippen LogP contribution is 2.26. The molecular formula is C16H24N2O. The van der Waals surface area contributed by atoms with Gasteiger partial charge in [-0.2, -0.15) is 0 Å². The number of piperazine rings is 1. The van der Waals surface area contributed by atoms with Crippen molar-refractivity contribution in [2.45, 2.75) is 27.2 Å². The van der Waals surface area contributed by atoms with Gasteiger partial charge in [0.2, 0.25) is 5.91 Å². The summed E-state index contributed by atoms with van der Waals surface area (Å²) in [5.74, 6) is 0.275. The van der Waals surface area contributed by atoms with E-state index in [1.807, 2.05) is 17.0 Å². The van der Waals surface area contributed by atoms with Crippen LogP contribution < -0.4 is 5.32 Å². The molecule has 0 saturated carbocycles. The Morgan fingerprint density at radius 2 is 1.89 bits per heavy atom. The predicted octanol–water partition coefficient (Wildman–Crippen LogP) is 2.00. The normalized spacial score (nSPS) is 16.5. The number of rotatable bonds is 3. The minimum absolute atomic E-state index is 0.275. The second-order valence-electron chi connectivity index (χ2n) is 6.03. The fourth-order valence-electron chi connectivity index (χ4n) is 2.66. The third kappa shape index (κ3) is 3.35. The van der Waals surface area contributed by atoms with Crippen molar-refractivity contribution in [1.29, 1.82) is 0 Å². The molecule has 2 rings (SSSR count). The highest BCUT2D eigenvalue weighted by atomic mass is 16.2. The molecule has 1 heterocycles. The van der Waals surface area contributed by atoms with Crippen LogP contribution in [0.2, 0.25) is 0 Å². The van der Waals surface area contributed by atoms with E-state index >= 15 is 0 Å². The smallest absolute Gasteiger partial charge is 0.228 e. The Hall–Kier alpha value is -1.35. The fraction of sp³-hybridized carbons (Fsp3) is 0.562. The van der Waals surface area contributed by atoms with E-state index in [4.69, 9.17) is 0 Å². The van der Waals surface area contributed by atoms with Crippen molar-refractivity contribution in [2.75, 3.05) is 26.2 Å². The van der Waals surface area contributed by atoms with Gasteiger partial charge >= 0.3 is 0 Å². The summed E-state index contributed by atoms with van der Waals surface area (Å²) in [5.41, 5.74) is 2.21. The molecule has 0 unspecified atom stereocenters. The Kier molecular flexibility index (Phi) is 4.25. The van der Waals surface area contributed by atoms with Gasteiger partial charge in [0.25, 0.3) is 0 Å². The summed E-state index contributed by atoms with van der Waals surface area (Å²) < 4.78 is 0. The number of hydrogen-bond donors (Lipinski definition) is 1. The van der Waals surface area contributed by atoms with Gasteiger partial charge in [0.15, 0.2) is 0 Å². The Bertz CT molecular complexity index is 448. The van der Waals surface area contributed by atoms with Crippen LogP contribution in [0.3, 0.4) is 0 Å². The molecule has 3 heteroatoms. The maximum Gasteiger partial charge on any atom is 0.228 e. The SMILES string of the molecule is Cc1ccccc1CC(C)(C)C(=O)N1CCNCC1. The summed E-state index contributed by atoms with van der Waals surface area (Å²) in [7, 11) is 0. The van der Waals surface area contributed by atoms with Crippen LogP contribution in [0.1, 0.15) is 25.0 Å². The zero-order chi connectivity index (χ0) is 13.9. The van der Waals surface area contributed by atoms with Gasteiger partial charge in [-0.1, -0.05) is 38.1 Å². The molecule has 1 aliphatic rings. The minimum Gasteiger partial charge on any atom is -0.340 e. The Balaban J connectivity index is 2.08. The van der Waals surface area contributed by atoms with E-state index in [1.54, 1.807) is 0 Å². The van der Waals surface area contributed by atoms with E-state index in [0.29, 0.717) is 0 Å². The topological polar surface area (TPSA) is 32.3 Å². The average molecular weight is 260 g/mol. The molecule has 19 heavy (non-hydrogen) atoms. The van der Waals surface area contributed by atoms with Gasteiger partial charge in [0.1, 0.15) is 0 Å². The molecule has 0 bridgehead atoms. The molecule has 0 spiro atoms. The van der Waals surface area contributed by atoms with Crippen LogP contribution >= 0.6 is 0 Å². The molecule has 1 amide bonds. The molecular weight excluding hydrogens is 236 g/mol.